The molecule has 0 aromatic heterocycles. The van der Waals surface area contributed by atoms with Gasteiger partial charge in [0.25, 0.3) is 0 Å². The maximum atomic E-state index is 11.7. The van der Waals surface area contributed by atoms with Crippen LogP contribution in [0.1, 0.15) is 18.1 Å². The summed E-state index contributed by atoms with van der Waals surface area (Å²) >= 11 is 0. The van der Waals surface area contributed by atoms with Crippen molar-refractivity contribution in [3.8, 4) is 0 Å². The second-order valence-corrected chi connectivity index (χ2v) is 4.27. The van der Waals surface area contributed by atoms with Gasteiger partial charge in [0, 0.05) is 13.6 Å². The average Bonchev–Trinajstić information content (AvgIpc) is 2.35. The maximum Gasteiger partial charge on any atom is 0.326 e. The standard InChI is InChI=1S/C13H18N2O3/c1-9-4-6-11(7-5-9)8-14-13(18)15(3)10(2)12(16)17/h4-7,10H,8H2,1-3H3,(H,14,18)(H,16,17). The van der Waals surface area contributed by atoms with Crippen LogP contribution in [-0.4, -0.2) is 35.1 Å². The van der Waals surface area contributed by atoms with Crippen LogP contribution >= 0.6 is 0 Å². The van der Waals surface area contributed by atoms with Crippen LogP contribution in [0, 0.1) is 6.92 Å². The summed E-state index contributed by atoms with van der Waals surface area (Å²) in [7, 11) is 1.46. The van der Waals surface area contributed by atoms with Crippen molar-refractivity contribution in [2.45, 2.75) is 26.4 Å². The van der Waals surface area contributed by atoms with E-state index in [9.17, 15) is 9.59 Å². The van der Waals surface area contributed by atoms with Gasteiger partial charge in [-0.2, -0.15) is 0 Å². The van der Waals surface area contributed by atoms with Gasteiger partial charge in [0.15, 0.2) is 0 Å². The Morgan fingerprint density at radius 3 is 2.39 bits per heavy atom. The average molecular weight is 250 g/mol. The van der Waals surface area contributed by atoms with Crippen LogP contribution in [0.15, 0.2) is 24.3 Å². The van der Waals surface area contributed by atoms with E-state index in [1.807, 2.05) is 31.2 Å². The molecule has 0 radical (unpaired) electrons. The lowest BCUT2D eigenvalue weighted by molar-refractivity contribution is -0.141. The number of urea groups is 1. The van der Waals surface area contributed by atoms with E-state index in [0.717, 1.165) is 16.0 Å². The Morgan fingerprint density at radius 2 is 1.89 bits per heavy atom. The van der Waals surface area contributed by atoms with Gasteiger partial charge in [-0.25, -0.2) is 9.59 Å². The number of carbonyl (C=O) groups excluding carboxylic acids is 1. The topological polar surface area (TPSA) is 69.6 Å². The number of hydrogen-bond donors (Lipinski definition) is 2. The third kappa shape index (κ3) is 3.76. The van der Waals surface area contributed by atoms with Gasteiger partial charge in [0.05, 0.1) is 0 Å². The molecule has 2 amide bonds. The van der Waals surface area contributed by atoms with E-state index in [0.29, 0.717) is 6.54 Å². The highest BCUT2D eigenvalue weighted by atomic mass is 16.4. The van der Waals surface area contributed by atoms with E-state index < -0.39 is 18.0 Å². The van der Waals surface area contributed by atoms with Crippen LogP contribution in [0.4, 0.5) is 4.79 Å². The van der Waals surface area contributed by atoms with Crippen LogP contribution < -0.4 is 5.32 Å². The fourth-order valence-electron chi connectivity index (χ4n) is 1.35. The second-order valence-electron chi connectivity index (χ2n) is 4.27. The largest absolute Gasteiger partial charge is 0.480 e. The fourth-order valence-corrected chi connectivity index (χ4v) is 1.35. The number of rotatable bonds is 4. The predicted octanol–water partition coefficient (Wildman–Crippen LogP) is 1.61. The van der Waals surface area contributed by atoms with E-state index in [2.05, 4.69) is 5.32 Å². The summed E-state index contributed by atoms with van der Waals surface area (Å²) in [4.78, 5) is 23.6. The van der Waals surface area contributed by atoms with Crippen LogP contribution in [-0.2, 0) is 11.3 Å². The Balaban J connectivity index is 2.50. The molecule has 0 spiro atoms. The van der Waals surface area contributed by atoms with Crippen molar-refractivity contribution in [2.75, 3.05) is 7.05 Å². The van der Waals surface area contributed by atoms with E-state index in [4.69, 9.17) is 5.11 Å². The highest BCUT2D eigenvalue weighted by Crippen LogP contribution is 2.03. The van der Waals surface area contributed by atoms with E-state index >= 15 is 0 Å². The maximum absolute atomic E-state index is 11.7. The molecule has 1 aromatic carbocycles. The first-order chi connectivity index (χ1) is 8.41. The molecule has 0 saturated carbocycles. The first-order valence-corrected chi connectivity index (χ1v) is 5.71. The Labute approximate surface area is 106 Å². The minimum atomic E-state index is -1.03. The third-order valence-corrected chi connectivity index (χ3v) is 2.82. The van der Waals surface area contributed by atoms with Gasteiger partial charge in [-0.3, -0.25) is 0 Å². The first-order valence-electron chi connectivity index (χ1n) is 5.71. The van der Waals surface area contributed by atoms with Gasteiger partial charge in [-0.05, 0) is 19.4 Å². The SMILES string of the molecule is Cc1ccc(CNC(=O)N(C)C(C)C(=O)O)cc1. The number of carboxylic acids is 1. The number of likely N-dealkylation sites (N-methyl/N-ethyl adjacent to an activating group) is 1. The van der Waals surface area contributed by atoms with Crippen molar-refractivity contribution >= 4 is 12.0 Å². The Hall–Kier alpha value is -2.04. The molecule has 1 unspecified atom stereocenters. The zero-order chi connectivity index (χ0) is 13.7. The highest BCUT2D eigenvalue weighted by molar-refractivity contribution is 5.82. The van der Waals surface area contributed by atoms with Crippen molar-refractivity contribution in [3.63, 3.8) is 0 Å². The number of aryl methyl sites for hydroxylation is 1. The third-order valence-electron chi connectivity index (χ3n) is 2.82. The Kier molecular flexibility index (Phi) is 4.71. The summed E-state index contributed by atoms with van der Waals surface area (Å²) in [6.45, 7) is 3.84. The lowest BCUT2D eigenvalue weighted by atomic mass is 10.1. The molecule has 1 atom stereocenters. The van der Waals surface area contributed by atoms with Crippen LogP contribution in [0.25, 0.3) is 0 Å². The second kappa shape index (κ2) is 6.05. The van der Waals surface area contributed by atoms with Crippen LogP contribution in [0.5, 0.6) is 0 Å². The molecule has 1 aromatic rings. The molecule has 0 saturated heterocycles. The minimum absolute atomic E-state index is 0.385. The molecule has 98 valence electrons. The monoisotopic (exact) mass is 250 g/mol. The zero-order valence-electron chi connectivity index (χ0n) is 10.8. The summed E-state index contributed by atoms with van der Waals surface area (Å²) in [6.07, 6.45) is 0. The lowest BCUT2D eigenvalue weighted by Crippen LogP contribution is -2.45. The summed E-state index contributed by atoms with van der Waals surface area (Å²) < 4.78 is 0. The van der Waals surface area contributed by atoms with Gasteiger partial charge in [0.1, 0.15) is 6.04 Å². The number of benzene rings is 1. The normalized spacial score (nSPS) is 11.7. The van der Waals surface area contributed by atoms with Gasteiger partial charge in [0.2, 0.25) is 0 Å². The summed E-state index contributed by atoms with van der Waals surface area (Å²) in [5.74, 6) is -1.03. The van der Waals surface area contributed by atoms with E-state index in [-0.39, 0.29) is 0 Å². The molecular weight excluding hydrogens is 232 g/mol. The number of amides is 2. The molecule has 0 heterocycles. The number of carbonyl (C=O) groups is 2. The summed E-state index contributed by atoms with van der Waals surface area (Å²) in [5, 5.41) is 11.5. The van der Waals surface area contributed by atoms with Crippen LogP contribution in [0.2, 0.25) is 0 Å². The predicted molar refractivity (Wildman–Crippen MR) is 68.3 cm³/mol. The smallest absolute Gasteiger partial charge is 0.326 e. The van der Waals surface area contributed by atoms with Gasteiger partial charge >= 0.3 is 12.0 Å². The number of nitrogens with zero attached hydrogens (tertiary/aromatic N) is 1. The highest BCUT2D eigenvalue weighted by Gasteiger charge is 2.21. The Morgan fingerprint density at radius 1 is 1.33 bits per heavy atom. The van der Waals surface area contributed by atoms with Crippen molar-refractivity contribution < 1.29 is 14.7 Å². The quantitative estimate of drug-likeness (QED) is 0.853. The number of carboxylic acid groups (broad SMARTS) is 1. The lowest BCUT2D eigenvalue weighted by Gasteiger charge is -2.21. The zero-order valence-corrected chi connectivity index (χ0v) is 10.8. The van der Waals surface area contributed by atoms with Gasteiger partial charge in [-0.1, -0.05) is 29.8 Å². The molecule has 0 bridgehead atoms. The minimum Gasteiger partial charge on any atom is -0.480 e. The molecular formula is C13H18N2O3. The number of nitrogens with one attached hydrogen (secondary N) is 1. The molecule has 1 rings (SSSR count). The van der Waals surface area contributed by atoms with Gasteiger partial charge < -0.3 is 15.3 Å². The molecule has 18 heavy (non-hydrogen) atoms. The van der Waals surface area contributed by atoms with Crippen molar-refractivity contribution in [3.05, 3.63) is 35.4 Å². The van der Waals surface area contributed by atoms with Crippen molar-refractivity contribution in [1.29, 1.82) is 0 Å². The molecule has 5 nitrogen and oxygen atoms in total. The van der Waals surface area contributed by atoms with Crippen LogP contribution in [0.3, 0.4) is 0 Å². The van der Waals surface area contributed by atoms with E-state index in [1.54, 1.807) is 0 Å². The molecule has 2 N–H and O–H groups in total. The summed E-state index contributed by atoms with van der Waals surface area (Å²) in [5.41, 5.74) is 2.13. The number of aliphatic carboxylic acids is 1. The molecule has 0 aliphatic heterocycles. The van der Waals surface area contributed by atoms with Gasteiger partial charge in [-0.15, -0.1) is 0 Å². The molecule has 0 aliphatic rings. The summed E-state index contributed by atoms with van der Waals surface area (Å²) in [6, 6.07) is 6.54. The first kappa shape index (κ1) is 14.0. The molecule has 5 heteroatoms. The van der Waals surface area contributed by atoms with Crippen molar-refractivity contribution in [2.24, 2.45) is 0 Å². The fraction of sp³-hybridized carbons (Fsp3) is 0.385. The molecule has 0 fully saturated rings. The molecule has 0 aliphatic carbocycles. The Bertz CT molecular complexity index is 428. The van der Waals surface area contributed by atoms with Crippen molar-refractivity contribution in [1.82, 2.24) is 10.2 Å². The van der Waals surface area contributed by atoms with E-state index in [1.165, 1.54) is 14.0 Å². The number of hydrogen-bond acceptors (Lipinski definition) is 2.